The van der Waals surface area contributed by atoms with Gasteiger partial charge in [-0.15, -0.1) is 0 Å². The predicted octanol–water partition coefficient (Wildman–Crippen LogP) is 5.25. The maximum atomic E-state index is 14.1. The summed E-state index contributed by atoms with van der Waals surface area (Å²) in [5, 5.41) is 0.315. The molecule has 186 valence electrons. The zero-order valence-corrected chi connectivity index (χ0v) is 20.3. The molecular formula is C29H30FN3O3. The molecule has 4 rings (SSSR count). The van der Waals surface area contributed by atoms with E-state index in [4.69, 9.17) is 10.2 Å². The van der Waals surface area contributed by atoms with Gasteiger partial charge in [-0.1, -0.05) is 43.7 Å². The summed E-state index contributed by atoms with van der Waals surface area (Å²) in [6.07, 6.45) is 5.36. The van der Waals surface area contributed by atoms with Crippen molar-refractivity contribution in [3.8, 4) is 0 Å². The van der Waals surface area contributed by atoms with Crippen molar-refractivity contribution >= 4 is 16.9 Å². The summed E-state index contributed by atoms with van der Waals surface area (Å²) in [5.74, 6) is -0.299. The standard InChI is InChI=1S/C29H30FN3O3/c1-2-7-25(33(17-6-14-31)29(35)21-12-15-32-16-13-21)28-24(18-20-8-4-3-5-9-20)27(34)23-11-10-22(30)19-26(23)36-28/h3-5,8-13,15-16,19,25H,2,6-7,14,17-18,31H2,1H3. The number of fused-ring (bicyclic) bond motifs is 1. The van der Waals surface area contributed by atoms with Gasteiger partial charge in [0.15, 0.2) is 5.43 Å². The van der Waals surface area contributed by atoms with Crippen molar-refractivity contribution < 1.29 is 13.6 Å². The van der Waals surface area contributed by atoms with Crippen LogP contribution in [0.15, 0.2) is 82.3 Å². The van der Waals surface area contributed by atoms with Crippen molar-refractivity contribution in [3.05, 3.63) is 112 Å². The molecule has 1 unspecified atom stereocenters. The first-order valence-corrected chi connectivity index (χ1v) is 12.2. The van der Waals surface area contributed by atoms with Crippen molar-refractivity contribution in [2.45, 2.75) is 38.6 Å². The molecule has 0 fully saturated rings. The third kappa shape index (κ3) is 5.52. The van der Waals surface area contributed by atoms with Crippen LogP contribution in [-0.2, 0) is 6.42 Å². The second-order valence-corrected chi connectivity index (χ2v) is 8.76. The van der Waals surface area contributed by atoms with Gasteiger partial charge in [0.25, 0.3) is 5.91 Å². The number of aromatic nitrogens is 1. The molecule has 0 bridgehead atoms. The van der Waals surface area contributed by atoms with E-state index in [1.165, 1.54) is 18.2 Å². The van der Waals surface area contributed by atoms with E-state index in [9.17, 15) is 14.0 Å². The Morgan fingerprint density at radius 2 is 1.86 bits per heavy atom. The average Bonchev–Trinajstić information content (AvgIpc) is 2.90. The molecule has 2 N–H and O–H groups in total. The minimum atomic E-state index is -0.527. The van der Waals surface area contributed by atoms with Crippen LogP contribution in [0.2, 0.25) is 0 Å². The highest BCUT2D eigenvalue weighted by molar-refractivity contribution is 5.94. The molecule has 0 saturated heterocycles. The number of carbonyl (C=O) groups excluding carboxylic acids is 1. The van der Waals surface area contributed by atoms with Gasteiger partial charge in [0, 0.05) is 42.6 Å². The zero-order chi connectivity index (χ0) is 25.5. The molecule has 4 aromatic rings. The second kappa shape index (κ2) is 11.7. The first kappa shape index (κ1) is 25.3. The Hall–Kier alpha value is -3.84. The summed E-state index contributed by atoms with van der Waals surface area (Å²) in [4.78, 5) is 33.2. The van der Waals surface area contributed by atoms with Crippen molar-refractivity contribution in [1.82, 2.24) is 9.88 Å². The lowest BCUT2D eigenvalue weighted by Crippen LogP contribution is -2.37. The number of pyridine rings is 1. The molecule has 36 heavy (non-hydrogen) atoms. The van der Waals surface area contributed by atoms with E-state index >= 15 is 0 Å². The van der Waals surface area contributed by atoms with Crippen LogP contribution in [0.1, 0.15) is 59.5 Å². The molecule has 0 aliphatic heterocycles. The Kier molecular flexibility index (Phi) is 8.23. The lowest BCUT2D eigenvalue weighted by atomic mass is 9.95. The summed E-state index contributed by atoms with van der Waals surface area (Å²) < 4.78 is 20.4. The number of nitrogens with zero attached hydrogens (tertiary/aromatic N) is 2. The van der Waals surface area contributed by atoms with Crippen LogP contribution in [0, 0.1) is 5.82 Å². The Labute approximate surface area is 209 Å². The van der Waals surface area contributed by atoms with E-state index in [2.05, 4.69) is 4.98 Å². The van der Waals surface area contributed by atoms with Gasteiger partial charge < -0.3 is 15.1 Å². The van der Waals surface area contributed by atoms with Crippen molar-refractivity contribution in [3.63, 3.8) is 0 Å². The first-order valence-electron chi connectivity index (χ1n) is 12.2. The second-order valence-electron chi connectivity index (χ2n) is 8.76. The van der Waals surface area contributed by atoms with Gasteiger partial charge in [-0.2, -0.15) is 0 Å². The minimum absolute atomic E-state index is 0.169. The van der Waals surface area contributed by atoms with Crippen molar-refractivity contribution in [2.75, 3.05) is 13.1 Å². The number of carbonyl (C=O) groups is 1. The first-order chi connectivity index (χ1) is 17.5. The van der Waals surface area contributed by atoms with Gasteiger partial charge in [0.05, 0.1) is 11.4 Å². The van der Waals surface area contributed by atoms with E-state index in [1.807, 2.05) is 37.3 Å². The molecule has 0 spiro atoms. The van der Waals surface area contributed by atoms with Gasteiger partial charge in [-0.3, -0.25) is 14.6 Å². The Morgan fingerprint density at radius 3 is 2.56 bits per heavy atom. The third-order valence-corrected chi connectivity index (χ3v) is 6.24. The molecule has 0 saturated carbocycles. The van der Waals surface area contributed by atoms with Crippen LogP contribution in [0.4, 0.5) is 4.39 Å². The molecule has 2 aromatic carbocycles. The SMILES string of the molecule is CCCC(c1oc2cc(F)ccc2c(=O)c1Cc1ccccc1)N(CCCN)C(=O)c1ccncc1. The fourth-order valence-corrected chi connectivity index (χ4v) is 4.48. The fourth-order valence-electron chi connectivity index (χ4n) is 4.48. The summed E-state index contributed by atoms with van der Waals surface area (Å²) in [6, 6.07) is 16.4. The molecule has 6 nitrogen and oxygen atoms in total. The molecule has 2 heterocycles. The van der Waals surface area contributed by atoms with E-state index in [0.717, 1.165) is 12.0 Å². The molecule has 0 radical (unpaired) electrons. The number of hydrogen-bond donors (Lipinski definition) is 1. The van der Waals surface area contributed by atoms with Gasteiger partial charge in [-0.05, 0) is 49.2 Å². The molecule has 1 atom stereocenters. The fraction of sp³-hybridized carbons (Fsp3) is 0.276. The highest BCUT2D eigenvalue weighted by atomic mass is 19.1. The number of amides is 1. The van der Waals surface area contributed by atoms with E-state index in [0.29, 0.717) is 54.6 Å². The lowest BCUT2D eigenvalue weighted by molar-refractivity contribution is 0.0638. The van der Waals surface area contributed by atoms with Crippen LogP contribution in [-0.4, -0.2) is 28.9 Å². The van der Waals surface area contributed by atoms with Gasteiger partial charge in [0.2, 0.25) is 0 Å². The van der Waals surface area contributed by atoms with Crippen molar-refractivity contribution in [2.24, 2.45) is 5.73 Å². The minimum Gasteiger partial charge on any atom is -0.458 e. The molecule has 2 aromatic heterocycles. The maximum Gasteiger partial charge on any atom is 0.254 e. The molecule has 7 heteroatoms. The van der Waals surface area contributed by atoms with Gasteiger partial charge in [-0.25, -0.2) is 4.39 Å². The number of nitrogens with two attached hydrogens (primary N) is 1. The van der Waals surface area contributed by atoms with Crippen molar-refractivity contribution in [1.29, 1.82) is 0 Å². The smallest absolute Gasteiger partial charge is 0.254 e. The number of hydrogen-bond acceptors (Lipinski definition) is 5. The van der Waals surface area contributed by atoms with Crippen LogP contribution in [0.3, 0.4) is 0 Å². The Balaban J connectivity index is 1.92. The van der Waals surface area contributed by atoms with E-state index in [-0.39, 0.29) is 16.9 Å². The maximum absolute atomic E-state index is 14.1. The number of rotatable bonds is 10. The largest absolute Gasteiger partial charge is 0.458 e. The monoisotopic (exact) mass is 487 g/mol. The van der Waals surface area contributed by atoms with Gasteiger partial charge in [0.1, 0.15) is 17.2 Å². The average molecular weight is 488 g/mol. The third-order valence-electron chi connectivity index (χ3n) is 6.24. The van der Waals surface area contributed by atoms with Crippen LogP contribution in [0.25, 0.3) is 11.0 Å². The lowest BCUT2D eigenvalue weighted by Gasteiger charge is -2.32. The molecule has 0 aliphatic carbocycles. The van der Waals surface area contributed by atoms with E-state index in [1.54, 1.807) is 29.4 Å². The predicted molar refractivity (Wildman–Crippen MR) is 138 cm³/mol. The van der Waals surface area contributed by atoms with Crippen LogP contribution >= 0.6 is 0 Å². The molecule has 1 amide bonds. The quantitative estimate of drug-likeness (QED) is 0.330. The molecule has 0 aliphatic rings. The van der Waals surface area contributed by atoms with E-state index < -0.39 is 11.9 Å². The summed E-state index contributed by atoms with van der Waals surface area (Å²) in [7, 11) is 0. The Morgan fingerprint density at radius 1 is 1.11 bits per heavy atom. The highest BCUT2D eigenvalue weighted by Crippen LogP contribution is 2.32. The summed E-state index contributed by atoms with van der Waals surface area (Å²) in [5.41, 5.74) is 7.67. The normalized spacial score (nSPS) is 12.0. The topological polar surface area (TPSA) is 89.4 Å². The van der Waals surface area contributed by atoms with Gasteiger partial charge >= 0.3 is 0 Å². The zero-order valence-electron chi connectivity index (χ0n) is 20.3. The Bertz CT molecular complexity index is 1370. The summed E-state index contributed by atoms with van der Waals surface area (Å²) in [6.45, 7) is 2.81. The highest BCUT2D eigenvalue weighted by Gasteiger charge is 2.31. The number of benzene rings is 2. The number of halogens is 1. The van der Waals surface area contributed by atoms with Crippen LogP contribution in [0.5, 0.6) is 0 Å². The molecular weight excluding hydrogens is 457 g/mol. The summed E-state index contributed by atoms with van der Waals surface area (Å²) >= 11 is 0. The van der Waals surface area contributed by atoms with Crippen LogP contribution < -0.4 is 11.2 Å².